The van der Waals surface area contributed by atoms with Gasteiger partial charge in [0.15, 0.2) is 5.69 Å². The van der Waals surface area contributed by atoms with E-state index in [4.69, 9.17) is 5.11 Å². The molecule has 0 aliphatic rings. The number of hydrogen-bond donors (Lipinski definition) is 1. The normalized spacial score (nSPS) is 11.4. The zero-order valence-corrected chi connectivity index (χ0v) is 10.0. The minimum Gasteiger partial charge on any atom is -0.476 e. The van der Waals surface area contributed by atoms with Crippen molar-refractivity contribution in [3.63, 3.8) is 0 Å². The number of imidazole rings is 1. The summed E-state index contributed by atoms with van der Waals surface area (Å²) in [6.07, 6.45) is -2.78. The average Bonchev–Trinajstić information content (AvgIpc) is 2.86. The molecule has 7 nitrogen and oxygen atoms in total. The van der Waals surface area contributed by atoms with Gasteiger partial charge in [-0.05, 0) is 12.1 Å². The first-order chi connectivity index (χ1) is 9.70. The van der Waals surface area contributed by atoms with E-state index in [2.05, 4.69) is 4.98 Å². The number of benzene rings is 1. The summed E-state index contributed by atoms with van der Waals surface area (Å²) in [7, 11) is 0. The number of nitro groups is 1. The molecule has 0 saturated heterocycles. The molecular weight excluding hydrogens is 295 g/mol. The third-order valence-electron chi connectivity index (χ3n) is 2.58. The number of carboxylic acid groups (broad SMARTS) is 1. The maximum atomic E-state index is 12.6. The zero-order valence-electron chi connectivity index (χ0n) is 10.0. The highest BCUT2D eigenvalue weighted by atomic mass is 19.4. The average molecular weight is 301 g/mol. The first-order valence-corrected chi connectivity index (χ1v) is 5.33. The number of hydrogen-bond acceptors (Lipinski definition) is 4. The number of aromatic nitrogens is 2. The molecule has 0 radical (unpaired) electrons. The molecule has 110 valence electrons. The molecule has 0 unspecified atom stereocenters. The van der Waals surface area contributed by atoms with Crippen molar-refractivity contribution in [3.8, 4) is 5.69 Å². The minimum absolute atomic E-state index is 0.215. The number of halogens is 3. The van der Waals surface area contributed by atoms with E-state index in [0.717, 1.165) is 23.2 Å². The number of nitro benzene ring substituents is 1. The molecular formula is C11H6F3N3O4. The van der Waals surface area contributed by atoms with Gasteiger partial charge in [0.05, 0.1) is 10.5 Å². The Morgan fingerprint density at radius 1 is 1.38 bits per heavy atom. The molecule has 2 rings (SSSR count). The molecule has 10 heteroatoms. The van der Waals surface area contributed by atoms with Gasteiger partial charge < -0.3 is 5.11 Å². The number of nitrogens with zero attached hydrogens (tertiary/aromatic N) is 3. The van der Waals surface area contributed by atoms with Crippen molar-refractivity contribution >= 4 is 11.7 Å². The second-order valence-electron chi connectivity index (χ2n) is 3.93. The van der Waals surface area contributed by atoms with E-state index >= 15 is 0 Å². The second kappa shape index (κ2) is 4.89. The molecule has 0 aliphatic heterocycles. The maximum Gasteiger partial charge on any atom is 0.416 e. The van der Waals surface area contributed by atoms with Crippen LogP contribution in [0.4, 0.5) is 18.9 Å². The van der Waals surface area contributed by atoms with Crippen molar-refractivity contribution in [3.05, 3.63) is 52.1 Å². The summed E-state index contributed by atoms with van der Waals surface area (Å²) >= 11 is 0. The lowest BCUT2D eigenvalue weighted by Gasteiger charge is -2.09. The van der Waals surface area contributed by atoms with Crippen LogP contribution in [-0.2, 0) is 6.18 Å². The second-order valence-corrected chi connectivity index (χ2v) is 3.93. The van der Waals surface area contributed by atoms with E-state index in [1.54, 1.807) is 0 Å². The lowest BCUT2D eigenvalue weighted by molar-refractivity contribution is -0.384. The Balaban J connectivity index is 2.57. The van der Waals surface area contributed by atoms with Crippen LogP contribution in [0.15, 0.2) is 30.7 Å². The zero-order chi connectivity index (χ0) is 15.8. The van der Waals surface area contributed by atoms with E-state index in [0.29, 0.717) is 12.1 Å². The van der Waals surface area contributed by atoms with Crippen LogP contribution in [0.2, 0.25) is 0 Å². The summed E-state index contributed by atoms with van der Waals surface area (Å²) in [5.74, 6) is -1.36. The highest BCUT2D eigenvalue weighted by molar-refractivity contribution is 5.85. The number of rotatable bonds is 3. The molecule has 1 N–H and O–H groups in total. The van der Waals surface area contributed by atoms with Crippen LogP contribution in [0.25, 0.3) is 5.69 Å². The monoisotopic (exact) mass is 301 g/mol. The first kappa shape index (κ1) is 14.5. The number of aromatic carboxylic acids is 1. The van der Waals surface area contributed by atoms with Gasteiger partial charge in [0.25, 0.3) is 5.69 Å². The lowest BCUT2D eigenvalue weighted by atomic mass is 10.1. The highest BCUT2D eigenvalue weighted by Gasteiger charge is 2.33. The summed E-state index contributed by atoms with van der Waals surface area (Å²) in [6.45, 7) is 0. The van der Waals surface area contributed by atoms with Crippen LogP contribution in [0.5, 0.6) is 0 Å². The van der Waals surface area contributed by atoms with Gasteiger partial charge in [0.2, 0.25) is 0 Å². The van der Waals surface area contributed by atoms with Crippen LogP contribution >= 0.6 is 0 Å². The van der Waals surface area contributed by atoms with Crippen LogP contribution in [0.3, 0.4) is 0 Å². The fraction of sp³-hybridized carbons (Fsp3) is 0.0909. The van der Waals surface area contributed by atoms with E-state index < -0.39 is 28.3 Å². The molecule has 0 bridgehead atoms. The van der Waals surface area contributed by atoms with E-state index in [9.17, 15) is 28.1 Å². The van der Waals surface area contributed by atoms with E-state index in [1.165, 1.54) is 0 Å². The van der Waals surface area contributed by atoms with Crippen LogP contribution in [-0.4, -0.2) is 25.6 Å². The first-order valence-electron chi connectivity index (χ1n) is 5.33. The van der Waals surface area contributed by atoms with Gasteiger partial charge in [-0.3, -0.25) is 14.7 Å². The molecule has 21 heavy (non-hydrogen) atoms. The van der Waals surface area contributed by atoms with Crippen LogP contribution in [0.1, 0.15) is 16.1 Å². The molecule has 0 fully saturated rings. The molecule has 0 atom stereocenters. The Kier molecular flexibility index (Phi) is 3.37. The van der Waals surface area contributed by atoms with Crippen molar-refractivity contribution in [1.82, 2.24) is 9.55 Å². The quantitative estimate of drug-likeness (QED) is 0.693. The van der Waals surface area contributed by atoms with Crippen molar-refractivity contribution < 1.29 is 28.0 Å². The number of carbonyl (C=O) groups is 1. The lowest BCUT2D eigenvalue weighted by Crippen LogP contribution is -2.07. The van der Waals surface area contributed by atoms with Gasteiger partial charge in [-0.2, -0.15) is 13.2 Å². The van der Waals surface area contributed by atoms with E-state index in [-0.39, 0.29) is 11.4 Å². The predicted octanol–water partition coefficient (Wildman–Crippen LogP) is 2.50. The molecule has 0 saturated carbocycles. The fourth-order valence-electron chi connectivity index (χ4n) is 1.63. The standard InChI is InChI=1S/C11H6F3N3O4/c12-11(13,14)6-1-2-8(9(3-6)17(20)21)16-4-7(10(18)19)15-5-16/h1-5H,(H,18,19). The predicted molar refractivity (Wildman–Crippen MR) is 62.2 cm³/mol. The Hall–Kier alpha value is -2.91. The van der Waals surface area contributed by atoms with Crippen molar-refractivity contribution in [1.29, 1.82) is 0 Å². The molecule has 0 spiro atoms. The Bertz CT molecular complexity index is 724. The van der Waals surface area contributed by atoms with Gasteiger partial charge in [-0.1, -0.05) is 0 Å². The van der Waals surface area contributed by atoms with Crippen molar-refractivity contribution in [2.24, 2.45) is 0 Å². The SMILES string of the molecule is O=C(O)c1cn(-c2ccc(C(F)(F)F)cc2[N+](=O)[O-])cn1. The number of carboxylic acids is 1. The van der Waals surface area contributed by atoms with Gasteiger partial charge >= 0.3 is 12.1 Å². The minimum atomic E-state index is -4.72. The fourth-order valence-corrected chi connectivity index (χ4v) is 1.63. The Morgan fingerprint density at radius 2 is 2.05 bits per heavy atom. The van der Waals surface area contributed by atoms with Crippen molar-refractivity contribution in [2.45, 2.75) is 6.18 Å². The highest BCUT2D eigenvalue weighted by Crippen LogP contribution is 2.34. The van der Waals surface area contributed by atoms with E-state index in [1.807, 2.05) is 0 Å². The summed E-state index contributed by atoms with van der Waals surface area (Å²) in [4.78, 5) is 24.1. The Labute approximate surface area is 114 Å². The smallest absolute Gasteiger partial charge is 0.416 e. The molecule has 0 aliphatic carbocycles. The van der Waals surface area contributed by atoms with Crippen LogP contribution in [0, 0.1) is 10.1 Å². The third-order valence-corrected chi connectivity index (χ3v) is 2.58. The summed E-state index contributed by atoms with van der Waals surface area (Å²) in [5.41, 5.74) is -2.58. The third kappa shape index (κ3) is 2.83. The summed E-state index contributed by atoms with van der Waals surface area (Å²) in [6, 6.07) is 1.94. The largest absolute Gasteiger partial charge is 0.476 e. The topological polar surface area (TPSA) is 98.3 Å². The molecule has 1 heterocycles. The molecule has 2 aromatic rings. The number of alkyl halides is 3. The van der Waals surface area contributed by atoms with Gasteiger partial charge in [0.1, 0.15) is 12.0 Å². The Morgan fingerprint density at radius 3 is 2.52 bits per heavy atom. The summed E-state index contributed by atoms with van der Waals surface area (Å²) in [5, 5.41) is 19.6. The van der Waals surface area contributed by atoms with Crippen LogP contribution < -0.4 is 0 Å². The summed E-state index contributed by atoms with van der Waals surface area (Å²) < 4.78 is 38.6. The molecule has 0 amide bonds. The molecule has 1 aromatic heterocycles. The maximum absolute atomic E-state index is 12.6. The van der Waals surface area contributed by atoms with Gasteiger partial charge in [-0.25, -0.2) is 9.78 Å². The van der Waals surface area contributed by atoms with Gasteiger partial charge in [0, 0.05) is 12.3 Å². The molecule has 1 aromatic carbocycles. The van der Waals surface area contributed by atoms with Crippen molar-refractivity contribution in [2.75, 3.05) is 0 Å². The van der Waals surface area contributed by atoms with Gasteiger partial charge in [-0.15, -0.1) is 0 Å².